The third-order valence-corrected chi connectivity index (χ3v) is 4.33. The predicted molar refractivity (Wildman–Crippen MR) is 59.9 cm³/mol. The molecule has 13 heavy (non-hydrogen) atoms. The quantitative estimate of drug-likeness (QED) is 0.611. The molecule has 0 N–H and O–H groups in total. The lowest BCUT2D eigenvalue weighted by Crippen LogP contribution is -2.12. The molecule has 2 atom stereocenters. The Balaban J connectivity index is 2.08. The molecule has 1 heterocycles. The van der Waals surface area contributed by atoms with Crippen molar-refractivity contribution in [1.29, 1.82) is 0 Å². The molecule has 0 nitrogen and oxygen atoms in total. The minimum Gasteiger partial charge on any atom is -0.145 e. The molecule has 1 aliphatic rings. The second-order valence-corrected chi connectivity index (χ2v) is 5.85. The summed E-state index contributed by atoms with van der Waals surface area (Å²) in [6, 6.07) is 4.50. The van der Waals surface area contributed by atoms with E-state index in [0.29, 0.717) is 5.38 Å². The molecular weight excluding hydrogens is 200 g/mol. The molecule has 72 valence electrons. The molecule has 0 spiro atoms. The summed E-state index contributed by atoms with van der Waals surface area (Å²) in [6.07, 6.45) is 5.03. The van der Waals surface area contributed by atoms with E-state index in [0.717, 1.165) is 5.92 Å². The van der Waals surface area contributed by atoms with Gasteiger partial charge in [0.05, 0.1) is 0 Å². The highest BCUT2D eigenvalue weighted by molar-refractivity contribution is 7.12. The van der Waals surface area contributed by atoms with E-state index in [1.807, 2.05) is 11.3 Å². The lowest BCUT2D eigenvalue weighted by Gasteiger charge is -2.24. The van der Waals surface area contributed by atoms with Crippen molar-refractivity contribution >= 4 is 22.9 Å². The summed E-state index contributed by atoms with van der Waals surface area (Å²) < 4.78 is 0. The van der Waals surface area contributed by atoms with Crippen LogP contribution in [0, 0.1) is 6.92 Å². The van der Waals surface area contributed by atoms with Gasteiger partial charge in [0, 0.05) is 15.1 Å². The summed E-state index contributed by atoms with van der Waals surface area (Å²) in [5.74, 6) is 0.745. The Hall–Kier alpha value is -0.0100. The van der Waals surface area contributed by atoms with Crippen molar-refractivity contribution in [2.75, 3.05) is 0 Å². The summed E-state index contributed by atoms with van der Waals surface area (Å²) >= 11 is 8.11. The van der Waals surface area contributed by atoms with E-state index in [1.165, 1.54) is 30.6 Å². The molecule has 1 fully saturated rings. The van der Waals surface area contributed by atoms with Crippen LogP contribution in [0.2, 0.25) is 0 Å². The third kappa shape index (κ3) is 2.26. The van der Waals surface area contributed by atoms with Gasteiger partial charge in [-0.05, 0) is 44.2 Å². The van der Waals surface area contributed by atoms with Crippen molar-refractivity contribution in [3.63, 3.8) is 0 Å². The second-order valence-electron chi connectivity index (χ2n) is 3.91. The molecule has 1 aromatic heterocycles. The van der Waals surface area contributed by atoms with Gasteiger partial charge in [-0.2, -0.15) is 0 Å². The monoisotopic (exact) mass is 214 g/mol. The van der Waals surface area contributed by atoms with Gasteiger partial charge in [0.1, 0.15) is 0 Å². The predicted octanol–water partition coefficient (Wildman–Crippen LogP) is 4.32. The van der Waals surface area contributed by atoms with Gasteiger partial charge in [-0.25, -0.2) is 0 Å². The maximum absolute atomic E-state index is 6.17. The van der Waals surface area contributed by atoms with Crippen LogP contribution >= 0.6 is 22.9 Å². The van der Waals surface area contributed by atoms with Crippen molar-refractivity contribution in [1.82, 2.24) is 0 Å². The zero-order valence-corrected chi connectivity index (χ0v) is 9.50. The van der Waals surface area contributed by atoms with Crippen molar-refractivity contribution in [3.8, 4) is 0 Å². The molecular formula is C11H15ClS. The number of halogens is 1. The molecule has 0 saturated heterocycles. The fourth-order valence-electron chi connectivity index (χ4n) is 2.06. The SMILES string of the molecule is Cc1ccc(C2CCCC(Cl)C2)s1. The van der Waals surface area contributed by atoms with Gasteiger partial charge < -0.3 is 0 Å². The summed E-state index contributed by atoms with van der Waals surface area (Å²) in [4.78, 5) is 2.97. The van der Waals surface area contributed by atoms with Crippen LogP contribution in [-0.4, -0.2) is 5.38 Å². The fraction of sp³-hybridized carbons (Fsp3) is 0.636. The van der Waals surface area contributed by atoms with Gasteiger partial charge >= 0.3 is 0 Å². The van der Waals surface area contributed by atoms with Crippen LogP contribution < -0.4 is 0 Å². The van der Waals surface area contributed by atoms with Gasteiger partial charge in [0.15, 0.2) is 0 Å². The highest BCUT2D eigenvalue weighted by Gasteiger charge is 2.22. The topological polar surface area (TPSA) is 0 Å². The van der Waals surface area contributed by atoms with Gasteiger partial charge in [0.25, 0.3) is 0 Å². The molecule has 1 saturated carbocycles. The van der Waals surface area contributed by atoms with E-state index in [4.69, 9.17) is 11.6 Å². The number of rotatable bonds is 1. The summed E-state index contributed by atoms with van der Waals surface area (Å²) in [7, 11) is 0. The van der Waals surface area contributed by atoms with E-state index in [9.17, 15) is 0 Å². The van der Waals surface area contributed by atoms with Crippen molar-refractivity contribution < 1.29 is 0 Å². The summed E-state index contributed by atoms with van der Waals surface area (Å²) in [5, 5.41) is 0.418. The number of hydrogen-bond acceptors (Lipinski definition) is 1. The first-order chi connectivity index (χ1) is 6.25. The van der Waals surface area contributed by atoms with Gasteiger partial charge in [-0.1, -0.05) is 6.42 Å². The molecule has 0 amide bonds. The zero-order valence-electron chi connectivity index (χ0n) is 7.92. The normalized spacial score (nSPS) is 29.1. The lowest BCUT2D eigenvalue weighted by molar-refractivity contribution is 0.454. The maximum atomic E-state index is 6.17. The molecule has 0 aromatic carbocycles. The Kier molecular flexibility index (Phi) is 2.95. The number of alkyl halides is 1. The van der Waals surface area contributed by atoms with E-state index in [-0.39, 0.29) is 0 Å². The molecule has 0 aliphatic heterocycles. The lowest BCUT2D eigenvalue weighted by atomic mass is 9.88. The fourth-order valence-corrected chi connectivity index (χ4v) is 3.46. The first-order valence-corrected chi connectivity index (χ1v) is 6.21. The van der Waals surface area contributed by atoms with Crippen LogP contribution in [0.4, 0.5) is 0 Å². The molecule has 1 aliphatic carbocycles. The van der Waals surface area contributed by atoms with Crippen LogP contribution in [0.1, 0.15) is 41.4 Å². The van der Waals surface area contributed by atoms with Gasteiger partial charge in [-0.3, -0.25) is 0 Å². The zero-order chi connectivity index (χ0) is 9.26. The average Bonchev–Trinajstić information content (AvgIpc) is 2.52. The summed E-state index contributed by atoms with van der Waals surface area (Å²) in [6.45, 7) is 2.18. The Morgan fingerprint density at radius 3 is 2.85 bits per heavy atom. The van der Waals surface area contributed by atoms with Gasteiger partial charge in [0.2, 0.25) is 0 Å². The van der Waals surface area contributed by atoms with Crippen LogP contribution in [0.25, 0.3) is 0 Å². The van der Waals surface area contributed by atoms with Crippen molar-refractivity contribution in [3.05, 3.63) is 21.9 Å². The van der Waals surface area contributed by atoms with E-state index in [2.05, 4.69) is 19.1 Å². The number of aryl methyl sites for hydroxylation is 1. The largest absolute Gasteiger partial charge is 0.145 e. The minimum absolute atomic E-state index is 0.418. The molecule has 0 bridgehead atoms. The van der Waals surface area contributed by atoms with Crippen molar-refractivity contribution in [2.24, 2.45) is 0 Å². The van der Waals surface area contributed by atoms with Gasteiger partial charge in [-0.15, -0.1) is 22.9 Å². The van der Waals surface area contributed by atoms with Crippen LogP contribution in [0.15, 0.2) is 12.1 Å². The Labute approximate surface area is 88.9 Å². The van der Waals surface area contributed by atoms with E-state index in [1.54, 1.807) is 4.88 Å². The van der Waals surface area contributed by atoms with Crippen LogP contribution in [0.3, 0.4) is 0 Å². The standard InChI is InChI=1S/C11H15ClS/c1-8-5-6-11(13-8)9-3-2-4-10(12)7-9/h5-6,9-10H,2-4,7H2,1H3. The Morgan fingerprint density at radius 1 is 1.38 bits per heavy atom. The number of hydrogen-bond donors (Lipinski definition) is 0. The minimum atomic E-state index is 0.418. The van der Waals surface area contributed by atoms with Crippen molar-refractivity contribution in [2.45, 2.75) is 43.9 Å². The Morgan fingerprint density at radius 2 is 2.23 bits per heavy atom. The first-order valence-electron chi connectivity index (χ1n) is 4.96. The maximum Gasteiger partial charge on any atom is 0.0342 e. The highest BCUT2D eigenvalue weighted by Crippen LogP contribution is 2.37. The van der Waals surface area contributed by atoms with Crippen LogP contribution in [-0.2, 0) is 0 Å². The smallest absolute Gasteiger partial charge is 0.0342 e. The van der Waals surface area contributed by atoms with E-state index < -0.39 is 0 Å². The summed E-state index contributed by atoms with van der Waals surface area (Å²) in [5.41, 5.74) is 0. The first kappa shape index (κ1) is 9.54. The molecule has 0 radical (unpaired) electrons. The average molecular weight is 215 g/mol. The molecule has 2 rings (SSSR count). The van der Waals surface area contributed by atoms with E-state index >= 15 is 0 Å². The third-order valence-electron chi connectivity index (χ3n) is 2.77. The Bertz CT molecular complexity index is 279. The highest BCUT2D eigenvalue weighted by atomic mass is 35.5. The molecule has 1 aromatic rings. The van der Waals surface area contributed by atoms with Crippen LogP contribution in [0.5, 0.6) is 0 Å². The molecule has 2 unspecified atom stereocenters. The number of thiophene rings is 1. The molecule has 2 heteroatoms. The second kappa shape index (κ2) is 4.02.